The van der Waals surface area contributed by atoms with Gasteiger partial charge in [0.15, 0.2) is 5.17 Å². The van der Waals surface area contributed by atoms with Gasteiger partial charge in [-0.15, -0.1) is 11.3 Å². The summed E-state index contributed by atoms with van der Waals surface area (Å²) in [5.41, 5.74) is 1.40. The van der Waals surface area contributed by atoms with Crippen molar-refractivity contribution in [1.82, 2.24) is 5.32 Å². The van der Waals surface area contributed by atoms with Crippen molar-refractivity contribution >= 4 is 28.3 Å². The van der Waals surface area contributed by atoms with Crippen molar-refractivity contribution in [3.8, 4) is 0 Å². The Morgan fingerprint density at radius 1 is 1.37 bits per heavy atom. The van der Waals surface area contributed by atoms with Crippen LogP contribution in [0.5, 0.6) is 0 Å². The molecule has 0 spiro atoms. The summed E-state index contributed by atoms with van der Waals surface area (Å²) in [5, 5.41) is 5.32. The van der Waals surface area contributed by atoms with Gasteiger partial charge >= 0.3 is 0 Å². The molecular formula is C15H24N2S2. The highest BCUT2D eigenvalue weighted by Crippen LogP contribution is 2.30. The Morgan fingerprint density at radius 2 is 2.11 bits per heavy atom. The number of aliphatic imine (C=N–C) groups is 1. The van der Waals surface area contributed by atoms with Crippen LogP contribution in [0.3, 0.4) is 0 Å². The van der Waals surface area contributed by atoms with Crippen LogP contribution in [0.4, 0.5) is 0 Å². The molecule has 1 aromatic heterocycles. The van der Waals surface area contributed by atoms with Crippen molar-refractivity contribution in [2.24, 2.45) is 10.9 Å². The molecule has 0 aliphatic carbocycles. The van der Waals surface area contributed by atoms with Gasteiger partial charge < -0.3 is 5.32 Å². The fourth-order valence-corrected chi connectivity index (χ4v) is 4.76. The maximum Gasteiger partial charge on any atom is 0.157 e. The lowest BCUT2D eigenvalue weighted by Crippen LogP contribution is -2.21. The van der Waals surface area contributed by atoms with Crippen LogP contribution in [0, 0.1) is 19.8 Å². The van der Waals surface area contributed by atoms with Gasteiger partial charge in [0.05, 0.1) is 13.1 Å². The van der Waals surface area contributed by atoms with E-state index in [9.17, 15) is 0 Å². The number of amidine groups is 1. The van der Waals surface area contributed by atoms with Crippen LogP contribution in [0.2, 0.25) is 0 Å². The first-order chi connectivity index (χ1) is 9.13. The van der Waals surface area contributed by atoms with Gasteiger partial charge in [-0.25, -0.2) is 0 Å². The summed E-state index contributed by atoms with van der Waals surface area (Å²) >= 11 is 3.83. The summed E-state index contributed by atoms with van der Waals surface area (Å²) in [6.45, 7) is 10.9. The third-order valence-corrected chi connectivity index (χ3v) is 6.37. The van der Waals surface area contributed by atoms with E-state index < -0.39 is 0 Å². The van der Waals surface area contributed by atoms with Crippen molar-refractivity contribution in [3.63, 3.8) is 0 Å². The molecule has 2 nitrogen and oxygen atoms in total. The van der Waals surface area contributed by atoms with E-state index in [0.29, 0.717) is 5.25 Å². The zero-order valence-corrected chi connectivity index (χ0v) is 14.0. The van der Waals surface area contributed by atoms with Crippen LogP contribution in [0.15, 0.2) is 11.1 Å². The molecule has 19 heavy (non-hydrogen) atoms. The monoisotopic (exact) mass is 296 g/mol. The van der Waals surface area contributed by atoms with Gasteiger partial charge in [0.2, 0.25) is 0 Å². The normalized spacial score (nSPS) is 19.0. The second-order valence-electron chi connectivity index (χ2n) is 5.18. The van der Waals surface area contributed by atoms with Crippen molar-refractivity contribution in [2.75, 3.05) is 6.54 Å². The highest BCUT2D eigenvalue weighted by Gasteiger charge is 2.25. The lowest BCUT2D eigenvalue weighted by molar-refractivity contribution is 0.479. The molecule has 106 valence electrons. The Labute approximate surface area is 125 Å². The highest BCUT2D eigenvalue weighted by atomic mass is 32.2. The fourth-order valence-electron chi connectivity index (χ4n) is 2.45. The molecular weight excluding hydrogens is 272 g/mol. The zero-order chi connectivity index (χ0) is 13.8. The molecule has 1 N–H and O–H groups in total. The number of aryl methyl sites for hydroxylation is 2. The smallest absolute Gasteiger partial charge is 0.157 e. The molecule has 2 heterocycles. The number of hydrogen-bond acceptors (Lipinski definition) is 4. The standard InChI is InChI=1S/C15H24N2S2/c1-5-12(6-2)14-9-17-15(19-14)16-8-13-7-10(3)11(4)18-13/h7,12,14H,5-6,8-9H2,1-4H3,(H,16,17). The van der Waals surface area contributed by atoms with Crippen molar-refractivity contribution in [3.05, 3.63) is 21.4 Å². The van der Waals surface area contributed by atoms with E-state index in [1.807, 2.05) is 23.1 Å². The molecule has 1 aromatic rings. The number of thiophene rings is 1. The molecule has 0 bridgehead atoms. The largest absolute Gasteiger partial charge is 0.360 e. The Balaban J connectivity index is 1.82. The first-order valence-electron chi connectivity index (χ1n) is 7.14. The summed E-state index contributed by atoms with van der Waals surface area (Å²) in [5.74, 6) is 0.805. The number of nitrogens with one attached hydrogen (secondary N) is 1. The predicted molar refractivity (Wildman–Crippen MR) is 88.4 cm³/mol. The highest BCUT2D eigenvalue weighted by molar-refractivity contribution is 8.14. The van der Waals surface area contributed by atoms with Gasteiger partial charge in [0.1, 0.15) is 0 Å². The summed E-state index contributed by atoms with van der Waals surface area (Å²) in [6.07, 6.45) is 2.53. The van der Waals surface area contributed by atoms with E-state index in [-0.39, 0.29) is 0 Å². The second kappa shape index (κ2) is 6.80. The molecule has 1 atom stereocenters. The van der Waals surface area contributed by atoms with Gasteiger partial charge in [-0.1, -0.05) is 38.5 Å². The van der Waals surface area contributed by atoms with Gasteiger partial charge in [-0.05, 0) is 31.4 Å². The van der Waals surface area contributed by atoms with E-state index in [0.717, 1.165) is 24.2 Å². The van der Waals surface area contributed by atoms with E-state index in [1.165, 1.54) is 28.2 Å². The maximum absolute atomic E-state index is 4.65. The molecule has 0 aromatic carbocycles. The number of nitrogens with zero attached hydrogens (tertiary/aromatic N) is 1. The molecule has 1 unspecified atom stereocenters. The van der Waals surface area contributed by atoms with Gasteiger partial charge in [0.25, 0.3) is 0 Å². The third-order valence-electron chi connectivity index (χ3n) is 3.88. The van der Waals surface area contributed by atoms with Crippen LogP contribution in [0.25, 0.3) is 0 Å². The van der Waals surface area contributed by atoms with Crippen LogP contribution < -0.4 is 5.32 Å². The lowest BCUT2D eigenvalue weighted by atomic mass is 9.99. The molecule has 0 fully saturated rings. The average molecular weight is 297 g/mol. The molecule has 4 heteroatoms. The fraction of sp³-hybridized carbons (Fsp3) is 0.667. The Kier molecular flexibility index (Phi) is 5.34. The molecule has 1 aliphatic rings. The average Bonchev–Trinajstić information content (AvgIpc) is 2.97. The zero-order valence-electron chi connectivity index (χ0n) is 12.3. The van der Waals surface area contributed by atoms with Crippen LogP contribution in [-0.4, -0.2) is 17.0 Å². The van der Waals surface area contributed by atoms with Crippen LogP contribution in [0.1, 0.15) is 42.0 Å². The minimum Gasteiger partial charge on any atom is -0.360 e. The van der Waals surface area contributed by atoms with Gasteiger partial charge in [0, 0.05) is 15.0 Å². The Morgan fingerprint density at radius 3 is 2.68 bits per heavy atom. The molecule has 0 saturated heterocycles. The molecule has 0 saturated carbocycles. The topological polar surface area (TPSA) is 24.4 Å². The second-order valence-corrected chi connectivity index (χ2v) is 7.75. The predicted octanol–water partition coefficient (Wildman–Crippen LogP) is 4.36. The lowest BCUT2D eigenvalue weighted by Gasteiger charge is -2.18. The summed E-state index contributed by atoms with van der Waals surface area (Å²) < 4.78 is 0. The van der Waals surface area contributed by atoms with E-state index >= 15 is 0 Å². The van der Waals surface area contributed by atoms with Crippen molar-refractivity contribution in [2.45, 2.75) is 52.3 Å². The quantitative estimate of drug-likeness (QED) is 0.873. The van der Waals surface area contributed by atoms with E-state index in [4.69, 9.17) is 0 Å². The first-order valence-corrected chi connectivity index (χ1v) is 8.84. The summed E-state index contributed by atoms with van der Waals surface area (Å²) in [6, 6.07) is 2.28. The minimum atomic E-state index is 0.685. The van der Waals surface area contributed by atoms with Crippen LogP contribution in [-0.2, 0) is 6.54 Å². The molecule has 0 amide bonds. The Hall–Kier alpha value is -0.480. The SMILES string of the molecule is CCC(CC)C1CN=C(NCc2cc(C)c(C)s2)S1. The van der Waals surface area contributed by atoms with Gasteiger partial charge in [-0.3, -0.25) is 4.99 Å². The van der Waals surface area contributed by atoms with Gasteiger partial charge in [-0.2, -0.15) is 0 Å². The van der Waals surface area contributed by atoms with E-state index in [1.54, 1.807) is 0 Å². The summed E-state index contributed by atoms with van der Waals surface area (Å²) in [4.78, 5) is 7.48. The van der Waals surface area contributed by atoms with Crippen molar-refractivity contribution < 1.29 is 0 Å². The minimum absolute atomic E-state index is 0.685. The maximum atomic E-state index is 4.65. The van der Waals surface area contributed by atoms with Crippen molar-refractivity contribution in [1.29, 1.82) is 0 Å². The third kappa shape index (κ3) is 3.76. The molecule has 2 rings (SSSR count). The number of hydrogen-bond donors (Lipinski definition) is 1. The van der Waals surface area contributed by atoms with Crippen LogP contribution >= 0.6 is 23.1 Å². The molecule has 1 aliphatic heterocycles. The van der Waals surface area contributed by atoms with E-state index in [2.05, 4.69) is 44.1 Å². The molecule has 0 radical (unpaired) electrons. The first kappa shape index (κ1) is 14.9. The summed E-state index contributed by atoms with van der Waals surface area (Å²) in [7, 11) is 0. The number of thioether (sulfide) groups is 1. The number of rotatable bonds is 5. The Bertz CT molecular complexity index is 427.